The molecule has 0 aliphatic rings. The number of hydrogen-bond acceptors (Lipinski definition) is 4. The maximum atomic E-state index is 12.9. The number of thioether (sulfide) groups is 1. The van der Waals surface area contributed by atoms with E-state index in [1.54, 1.807) is 0 Å². The fourth-order valence-electron chi connectivity index (χ4n) is 2.49. The number of aromatic nitrogens is 3. The van der Waals surface area contributed by atoms with Crippen LogP contribution in [0.2, 0.25) is 5.02 Å². The maximum absolute atomic E-state index is 12.9. The molecule has 1 aromatic heterocycles. The molecule has 3 aromatic rings. The lowest BCUT2D eigenvalue weighted by Crippen LogP contribution is -2.14. The van der Waals surface area contributed by atoms with Gasteiger partial charge in [-0.25, -0.2) is 4.39 Å². The van der Waals surface area contributed by atoms with Crippen molar-refractivity contribution in [2.24, 2.45) is 0 Å². The van der Waals surface area contributed by atoms with E-state index < -0.39 is 0 Å². The summed E-state index contributed by atoms with van der Waals surface area (Å²) >= 11 is 7.51. The van der Waals surface area contributed by atoms with Crippen LogP contribution in [0.25, 0.3) is 11.4 Å². The van der Waals surface area contributed by atoms with Crippen molar-refractivity contribution in [1.29, 1.82) is 0 Å². The van der Waals surface area contributed by atoms with Gasteiger partial charge >= 0.3 is 0 Å². The Balaban J connectivity index is 1.70. The molecular weight excluding hydrogens is 387 g/mol. The average Bonchev–Trinajstić information content (AvgIpc) is 3.07. The highest BCUT2D eigenvalue weighted by Gasteiger charge is 2.15. The number of amides is 1. The largest absolute Gasteiger partial charge is 0.325 e. The molecule has 140 valence electrons. The van der Waals surface area contributed by atoms with Gasteiger partial charge in [-0.2, -0.15) is 0 Å². The third-order valence-corrected chi connectivity index (χ3v) is 5.30. The van der Waals surface area contributed by atoms with Crippen molar-refractivity contribution >= 4 is 35.0 Å². The Morgan fingerprint density at radius 3 is 2.63 bits per heavy atom. The molecule has 0 aliphatic heterocycles. The molecule has 0 saturated heterocycles. The van der Waals surface area contributed by atoms with Crippen LogP contribution < -0.4 is 5.32 Å². The Hall–Kier alpha value is -2.38. The molecule has 0 saturated carbocycles. The Kier molecular flexibility index (Phi) is 6.13. The lowest BCUT2D eigenvalue weighted by molar-refractivity contribution is -0.113. The van der Waals surface area contributed by atoms with E-state index in [4.69, 9.17) is 11.6 Å². The number of benzene rings is 2. The van der Waals surface area contributed by atoms with Crippen molar-refractivity contribution in [1.82, 2.24) is 14.8 Å². The fraction of sp³-hybridized carbons (Fsp3) is 0.211. The monoisotopic (exact) mass is 404 g/mol. The standard InChI is InChI=1S/C19H18ClFN4OS/c1-3-25-18(13-5-4-12(2)16(20)10-13)23-24-19(25)27-11-17(26)22-15-8-6-14(21)7-9-15/h4-10H,3,11H2,1-2H3,(H,22,26). The van der Waals surface area contributed by atoms with Gasteiger partial charge in [-0.1, -0.05) is 35.5 Å². The van der Waals surface area contributed by atoms with E-state index >= 15 is 0 Å². The number of carbonyl (C=O) groups excluding carboxylic acids is 1. The van der Waals surface area contributed by atoms with E-state index in [2.05, 4.69) is 15.5 Å². The molecule has 0 radical (unpaired) electrons. The quantitative estimate of drug-likeness (QED) is 0.599. The minimum absolute atomic E-state index is 0.171. The molecule has 0 spiro atoms. The Labute approximate surface area is 166 Å². The number of anilines is 1. The van der Waals surface area contributed by atoms with Crippen molar-refractivity contribution in [2.75, 3.05) is 11.1 Å². The summed E-state index contributed by atoms with van der Waals surface area (Å²) < 4.78 is 14.9. The Morgan fingerprint density at radius 2 is 1.96 bits per heavy atom. The predicted octanol–water partition coefficient (Wildman–Crippen LogP) is 4.80. The lowest BCUT2D eigenvalue weighted by Gasteiger charge is -2.09. The van der Waals surface area contributed by atoms with E-state index in [9.17, 15) is 9.18 Å². The summed E-state index contributed by atoms with van der Waals surface area (Å²) in [6.45, 7) is 4.60. The van der Waals surface area contributed by atoms with Crippen LogP contribution in [0.1, 0.15) is 12.5 Å². The molecule has 0 unspecified atom stereocenters. The SMILES string of the molecule is CCn1c(SCC(=O)Nc2ccc(F)cc2)nnc1-c1ccc(C)c(Cl)c1. The van der Waals surface area contributed by atoms with Crippen LogP contribution in [-0.4, -0.2) is 26.4 Å². The van der Waals surface area contributed by atoms with Crippen molar-refractivity contribution < 1.29 is 9.18 Å². The first-order valence-electron chi connectivity index (χ1n) is 8.36. The van der Waals surface area contributed by atoms with E-state index in [0.717, 1.165) is 11.1 Å². The zero-order valence-corrected chi connectivity index (χ0v) is 16.4. The van der Waals surface area contributed by atoms with Crippen molar-refractivity contribution in [3.05, 3.63) is 58.9 Å². The van der Waals surface area contributed by atoms with Crippen LogP contribution in [0.5, 0.6) is 0 Å². The van der Waals surface area contributed by atoms with Gasteiger partial charge in [0.2, 0.25) is 5.91 Å². The molecule has 0 aliphatic carbocycles. The third kappa shape index (κ3) is 4.67. The average molecular weight is 405 g/mol. The number of nitrogens with zero attached hydrogens (tertiary/aromatic N) is 3. The van der Waals surface area contributed by atoms with Gasteiger partial charge in [0, 0.05) is 22.8 Å². The predicted molar refractivity (Wildman–Crippen MR) is 107 cm³/mol. The fourth-order valence-corrected chi connectivity index (χ4v) is 3.47. The summed E-state index contributed by atoms with van der Waals surface area (Å²) in [5.41, 5.74) is 2.42. The van der Waals surface area contributed by atoms with Gasteiger partial charge in [-0.3, -0.25) is 4.79 Å². The number of carbonyl (C=O) groups is 1. The van der Waals surface area contributed by atoms with E-state index in [0.29, 0.717) is 28.2 Å². The molecule has 2 aromatic carbocycles. The number of halogens is 2. The minimum Gasteiger partial charge on any atom is -0.325 e. The lowest BCUT2D eigenvalue weighted by atomic mass is 10.1. The molecule has 1 heterocycles. The zero-order chi connectivity index (χ0) is 19.4. The van der Waals surface area contributed by atoms with Crippen molar-refractivity contribution in [3.63, 3.8) is 0 Å². The molecule has 0 fully saturated rings. The van der Waals surface area contributed by atoms with Crippen molar-refractivity contribution in [3.8, 4) is 11.4 Å². The normalized spacial score (nSPS) is 10.8. The third-order valence-electron chi connectivity index (χ3n) is 3.92. The van der Waals surface area contributed by atoms with Crippen LogP contribution in [0.15, 0.2) is 47.6 Å². The topological polar surface area (TPSA) is 59.8 Å². The Bertz CT molecular complexity index is 959. The van der Waals surface area contributed by atoms with Crippen LogP contribution >= 0.6 is 23.4 Å². The number of rotatable bonds is 6. The highest BCUT2D eigenvalue weighted by Crippen LogP contribution is 2.27. The first kappa shape index (κ1) is 19.4. The van der Waals surface area contributed by atoms with Gasteiger partial charge in [0.15, 0.2) is 11.0 Å². The summed E-state index contributed by atoms with van der Waals surface area (Å²) in [7, 11) is 0. The van der Waals surface area contributed by atoms with Gasteiger partial charge in [0.05, 0.1) is 5.75 Å². The maximum Gasteiger partial charge on any atom is 0.234 e. The molecule has 1 amide bonds. The van der Waals surface area contributed by atoms with Gasteiger partial charge in [0.1, 0.15) is 5.82 Å². The molecule has 3 rings (SSSR count). The zero-order valence-electron chi connectivity index (χ0n) is 14.9. The van der Waals surface area contributed by atoms with E-state index in [1.807, 2.05) is 36.6 Å². The van der Waals surface area contributed by atoms with Gasteiger partial charge in [0.25, 0.3) is 0 Å². The molecule has 0 atom stereocenters. The van der Waals surface area contributed by atoms with Crippen molar-refractivity contribution in [2.45, 2.75) is 25.5 Å². The highest BCUT2D eigenvalue weighted by molar-refractivity contribution is 7.99. The summed E-state index contributed by atoms with van der Waals surface area (Å²) in [5.74, 6) is 0.338. The number of nitrogens with one attached hydrogen (secondary N) is 1. The smallest absolute Gasteiger partial charge is 0.234 e. The van der Waals surface area contributed by atoms with Crippen LogP contribution in [0.4, 0.5) is 10.1 Å². The molecule has 0 bridgehead atoms. The molecule has 27 heavy (non-hydrogen) atoms. The van der Waals surface area contributed by atoms with Gasteiger partial charge in [-0.15, -0.1) is 10.2 Å². The molecular formula is C19H18ClFN4OS. The second kappa shape index (κ2) is 8.54. The van der Waals surface area contributed by atoms with Crippen LogP contribution in [0, 0.1) is 12.7 Å². The molecule has 5 nitrogen and oxygen atoms in total. The van der Waals surface area contributed by atoms with Gasteiger partial charge in [-0.05, 0) is 49.7 Å². The molecule has 1 N–H and O–H groups in total. The second-order valence-corrected chi connectivity index (χ2v) is 7.21. The summed E-state index contributed by atoms with van der Waals surface area (Å²) in [6, 6.07) is 11.4. The van der Waals surface area contributed by atoms with Crippen LogP contribution in [-0.2, 0) is 11.3 Å². The second-order valence-electron chi connectivity index (χ2n) is 5.86. The Morgan fingerprint density at radius 1 is 1.22 bits per heavy atom. The number of aryl methyl sites for hydroxylation is 1. The first-order valence-corrected chi connectivity index (χ1v) is 9.72. The minimum atomic E-state index is -0.345. The van der Waals surface area contributed by atoms with Gasteiger partial charge < -0.3 is 9.88 Å². The highest BCUT2D eigenvalue weighted by atomic mass is 35.5. The summed E-state index contributed by atoms with van der Waals surface area (Å²) in [5, 5.41) is 12.5. The van der Waals surface area contributed by atoms with E-state index in [-0.39, 0.29) is 17.5 Å². The first-order chi connectivity index (χ1) is 13.0. The number of hydrogen-bond donors (Lipinski definition) is 1. The molecule has 8 heteroatoms. The van der Waals surface area contributed by atoms with Crippen LogP contribution in [0.3, 0.4) is 0 Å². The summed E-state index contributed by atoms with van der Waals surface area (Å²) in [4.78, 5) is 12.1. The van der Waals surface area contributed by atoms with E-state index in [1.165, 1.54) is 36.0 Å². The summed E-state index contributed by atoms with van der Waals surface area (Å²) in [6.07, 6.45) is 0.